The minimum Gasteiger partial charge on any atom is -0.495 e. The number of hydrazone groups is 1. The summed E-state index contributed by atoms with van der Waals surface area (Å²) in [5.74, 6) is 0.0324. The van der Waals surface area contributed by atoms with Crippen molar-refractivity contribution in [2.45, 2.75) is 20.3 Å². The molecule has 146 valence electrons. The van der Waals surface area contributed by atoms with Crippen LogP contribution in [-0.4, -0.2) is 24.8 Å². The zero-order valence-electron chi connectivity index (χ0n) is 15.3. The smallest absolute Gasteiger partial charge is 0.255 e. The average Bonchev–Trinajstić information content (AvgIpc) is 2.95. The third-order valence-electron chi connectivity index (χ3n) is 4.10. The molecule has 0 saturated carbocycles. The number of hydrogen-bond donors (Lipinski definition) is 0. The van der Waals surface area contributed by atoms with Crippen LogP contribution in [0.3, 0.4) is 0 Å². The maximum Gasteiger partial charge on any atom is 0.255 e. The number of benzene rings is 2. The van der Waals surface area contributed by atoms with Crippen molar-refractivity contribution < 1.29 is 14.3 Å². The van der Waals surface area contributed by atoms with Crippen molar-refractivity contribution in [3.63, 3.8) is 0 Å². The number of halogens is 3. The molecule has 0 N–H and O–H groups in total. The van der Waals surface area contributed by atoms with E-state index < -0.39 is 0 Å². The monoisotopic (exact) mass is 439 g/mol. The van der Waals surface area contributed by atoms with E-state index in [1.165, 1.54) is 31.1 Å². The lowest BCUT2D eigenvalue weighted by Gasteiger charge is -2.22. The molecule has 1 aliphatic rings. The van der Waals surface area contributed by atoms with Crippen LogP contribution in [0.2, 0.25) is 15.1 Å². The normalized spacial score (nSPS) is 13.6. The van der Waals surface area contributed by atoms with Gasteiger partial charge in [0.1, 0.15) is 17.3 Å². The Kier molecular flexibility index (Phi) is 5.84. The number of amides is 2. The van der Waals surface area contributed by atoms with Crippen molar-refractivity contribution in [2.75, 3.05) is 17.0 Å². The van der Waals surface area contributed by atoms with Crippen LogP contribution in [0, 0.1) is 6.92 Å². The van der Waals surface area contributed by atoms with Crippen LogP contribution in [0.4, 0.5) is 11.4 Å². The highest BCUT2D eigenvalue weighted by Crippen LogP contribution is 2.39. The van der Waals surface area contributed by atoms with Crippen LogP contribution in [0.25, 0.3) is 0 Å². The van der Waals surface area contributed by atoms with Gasteiger partial charge >= 0.3 is 0 Å². The van der Waals surface area contributed by atoms with Crippen molar-refractivity contribution >= 4 is 63.8 Å². The Morgan fingerprint density at radius 2 is 1.82 bits per heavy atom. The van der Waals surface area contributed by atoms with Gasteiger partial charge in [0, 0.05) is 11.9 Å². The third kappa shape index (κ3) is 3.81. The number of anilines is 2. The number of hydrogen-bond acceptors (Lipinski definition) is 4. The van der Waals surface area contributed by atoms with Gasteiger partial charge in [0.25, 0.3) is 5.91 Å². The predicted octanol–water partition coefficient (Wildman–Crippen LogP) is 5.07. The average molecular weight is 441 g/mol. The van der Waals surface area contributed by atoms with E-state index in [-0.39, 0.29) is 39.8 Å². The summed E-state index contributed by atoms with van der Waals surface area (Å²) in [6.45, 7) is 3.28. The molecule has 9 heteroatoms. The van der Waals surface area contributed by atoms with Crippen LogP contribution >= 0.6 is 34.8 Å². The molecule has 0 saturated heterocycles. The van der Waals surface area contributed by atoms with Crippen LogP contribution in [0.5, 0.6) is 5.75 Å². The number of rotatable bonds is 3. The van der Waals surface area contributed by atoms with Gasteiger partial charge in [-0.05, 0) is 36.8 Å². The Morgan fingerprint density at radius 3 is 2.39 bits per heavy atom. The van der Waals surface area contributed by atoms with Gasteiger partial charge in [-0.25, -0.2) is 0 Å². The van der Waals surface area contributed by atoms with Gasteiger partial charge in [0.2, 0.25) is 5.91 Å². The number of nitrogens with zero attached hydrogens (tertiary/aromatic N) is 3. The Morgan fingerprint density at radius 1 is 1.18 bits per heavy atom. The lowest BCUT2D eigenvalue weighted by atomic mass is 10.1. The van der Waals surface area contributed by atoms with Gasteiger partial charge in [-0.15, -0.1) is 0 Å². The van der Waals surface area contributed by atoms with E-state index in [4.69, 9.17) is 39.5 Å². The van der Waals surface area contributed by atoms with E-state index in [9.17, 15) is 9.59 Å². The summed E-state index contributed by atoms with van der Waals surface area (Å²) in [5, 5.41) is 6.12. The number of aryl methyl sites for hydroxylation is 1. The summed E-state index contributed by atoms with van der Waals surface area (Å²) in [6, 6.07) is 8.34. The highest BCUT2D eigenvalue weighted by atomic mass is 35.5. The molecule has 0 spiro atoms. The molecular weight excluding hydrogens is 425 g/mol. The van der Waals surface area contributed by atoms with Gasteiger partial charge < -0.3 is 4.74 Å². The van der Waals surface area contributed by atoms with Crippen molar-refractivity contribution in [3.8, 4) is 5.75 Å². The van der Waals surface area contributed by atoms with Gasteiger partial charge in [-0.3, -0.25) is 14.5 Å². The lowest BCUT2D eigenvalue weighted by molar-refractivity contribution is -0.116. The first-order chi connectivity index (χ1) is 13.2. The van der Waals surface area contributed by atoms with Gasteiger partial charge in [-0.1, -0.05) is 40.9 Å². The first-order valence-corrected chi connectivity index (χ1v) is 9.36. The first-order valence-electron chi connectivity index (χ1n) is 8.23. The molecule has 0 radical (unpaired) electrons. The Labute approximate surface area is 177 Å². The summed E-state index contributed by atoms with van der Waals surface area (Å²) >= 11 is 18.4. The standard InChI is InChI=1S/C19H16Cl3N3O3/c1-10-4-5-16(28-3)15(6-10)24(11(2)26)17-9-18(27)25(23-17)19-13(21)7-12(20)8-14(19)22/h4-8H,9H2,1-3H3. The minimum atomic E-state index is -0.376. The summed E-state index contributed by atoms with van der Waals surface area (Å²) < 4.78 is 5.38. The number of amidine groups is 1. The Bertz CT molecular complexity index is 984. The SMILES string of the molecule is COc1ccc(C)cc1N(C(C)=O)C1=NN(c2c(Cl)cc(Cl)cc2Cl)C(=O)C1. The molecule has 1 aliphatic heterocycles. The predicted molar refractivity (Wildman–Crippen MR) is 112 cm³/mol. The second kappa shape index (κ2) is 7.99. The van der Waals surface area contributed by atoms with Crippen LogP contribution < -0.4 is 14.6 Å². The molecule has 2 aromatic rings. The van der Waals surface area contributed by atoms with E-state index in [0.717, 1.165) is 10.6 Å². The summed E-state index contributed by atoms with van der Waals surface area (Å²) in [5.41, 5.74) is 1.64. The number of ether oxygens (including phenoxy) is 1. The van der Waals surface area contributed by atoms with Crippen molar-refractivity contribution in [1.82, 2.24) is 0 Å². The molecule has 2 amide bonds. The zero-order chi connectivity index (χ0) is 20.6. The second-order valence-electron chi connectivity index (χ2n) is 6.15. The molecule has 0 bridgehead atoms. The highest BCUT2D eigenvalue weighted by molar-refractivity contribution is 6.43. The molecular formula is C19H16Cl3N3O3. The maximum absolute atomic E-state index is 12.6. The van der Waals surface area contributed by atoms with E-state index in [2.05, 4.69) is 5.10 Å². The van der Waals surface area contributed by atoms with Crippen molar-refractivity contribution in [2.24, 2.45) is 5.10 Å². The lowest BCUT2D eigenvalue weighted by Crippen LogP contribution is -2.35. The summed E-state index contributed by atoms with van der Waals surface area (Å²) in [7, 11) is 1.51. The fourth-order valence-corrected chi connectivity index (χ4v) is 3.89. The molecule has 2 aromatic carbocycles. The first kappa shape index (κ1) is 20.5. The number of methoxy groups -OCH3 is 1. The fraction of sp³-hybridized carbons (Fsp3) is 0.211. The highest BCUT2D eigenvalue weighted by Gasteiger charge is 2.34. The molecule has 0 fully saturated rings. The molecule has 0 atom stereocenters. The molecule has 0 unspecified atom stereocenters. The Balaban J connectivity index is 2.10. The summed E-state index contributed by atoms with van der Waals surface area (Å²) in [6.07, 6.45) is -0.105. The van der Waals surface area contributed by atoms with Crippen molar-refractivity contribution in [1.29, 1.82) is 0 Å². The molecule has 6 nitrogen and oxygen atoms in total. The zero-order valence-corrected chi connectivity index (χ0v) is 17.6. The molecule has 3 rings (SSSR count). The van der Waals surface area contributed by atoms with Gasteiger partial charge in [-0.2, -0.15) is 10.1 Å². The van der Waals surface area contributed by atoms with Crippen LogP contribution in [-0.2, 0) is 9.59 Å². The van der Waals surface area contributed by atoms with Crippen LogP contribution in [0.1, 0.15) is 18.9 Å². The molecule has 1 heterocycles. The quantitative estimate of drug-likeness (QED) is 0.669. The van der Waals surface area contributed by atoms with Gasteiger partial charge in [0.15, 0.2) is 0 Å². The van der Waals surface area contributed by atoms with E-state index in [0.29, 0.717) is 16.5 Å². The molecule has 28 heavy (non-hydrogen) atoms. The number of carbonyl (C=O) groups is 2. The largest absolute Gasteiger partial charge is 0.495 e. The maximum atomic E-state index is 12.6. The third-order valence-corrected chi connectivity index (χ3v) is 4.90. The molecule has 0 aliphatic carbocycles. The number of carbonyl (C=O) groups excluding carboxylic acids is 2. The molecule has 0 aromatic heterocycles. The Hall–Kier alpha value is -2.28. The van der Waals surface area contributed by atoms with Crippen molar-refractivity contribution in [3.05, 3.63) is 51.0 Å². The van der Waals surface area contributed by atoms with E-state index >= 15 is 0 Å². The summed E-state index contributed by atoms with van der Waals surface area (Å²) in [4.78, 5) is 26.4. The topological polar surface area (TPSA) is 62.2 Å². The fourth-order valence-electron chi connectivity index (χ4n) is 2.92. The van der Waals surface area contributed by atoms with Gasteiger partial charge in [0.05, 0.1) is 29.3 Å². The minimum absolute atomic E-state index is 0.105. The van der Waals surface area contributed by atoms with E-state index in [1.807, 2.05) is 13.0 Å². The van der Waals surface area contributed by atoms with E-state index in [1.54, 1.807) is 12.1 Å². The van der Waals surface area contributed by atoms with Crippen LogP contribution in [0.15, 0.2) is 35.4 Å². The second-order valence-corrected chi connectivity index (χ2v) is 7.40.